The van der Waals surface area contributed by atoms with Gasteiger partial charge in [-0.2, -0.15) is 0 Å². The van der Waals surface area contributed by atoms with Gasteiger partial charge in [0.15, 0.2) is 0 Å². The van der Waals surface area contributed by atoms with Crippen LogP contribution in [0.3, 0.4) is 0 Å². The molecule has 1 fully saturated rings. The fourth-order valence-corrected chi connectivity index (χ4v) is 6.65. The first-order valence-corrected chi connectivity index (χ1v) is 14.9. The lowest BCUT2D eigenvalue weighted by atomic mass is 9.86. The highest BCUT2D eigenvalue weighted by Gasteiger charge is 2.37. The number of carbonyl (C=O) groups is 2. The van der Waals surface area contributed by atoms with Crippen molar-refractivity contribution < 1.29 is 19.4 Å². The molecule has 0 atom stereocenters. The number of hydrogen-bond donors (Lipinski definition) is 2. The lowest BCUT2D eigenvalue weighted by Gasteiger charge is -2.45. The molecule has 222 valence electrons. The van der Waals surface area contributed by atoms with Crippen LogP contribution in [-0.2, 0) is 19.4 Å². The topological polar surface area (TPSA) is 95.0 Å². The summed E-state index contributed by atoms with van der Waals surface area (Å²) in [5, 5.41) is 13.1. The van der Waals surface area contributed by atoms with E-state index in [1.165, 1.54) is 0 Å². The van der Waals surface area contributed by atoms with Crippen LogP contribution in [0.1, 0.15) is 92.5 Å². The Morgan fingerprint density at radius 2 is 1.83 bits per heavy atom. The van der Waals surface area contributed by atoms with E-state index in [4.69, 9.17) is 4.74 Å². The van der Waals surface area contributed by atoms with Crippen molar-refractivity contribution in [2.24, 2.45) is 0 Å². The summed E-state index contributed by atoms with van der Waals surface area (Å²) in [6, 6.07) is 8.41. The summed E-state index contributed by atoms with van der Waals surface area (Å²) in [4.78, 5) is 34.3. The lowest BCUT2D eigenvalue weighted by Crippen LogP contribution is -2.53. The van der Waals surface area contributed by atoms with E-state index in [2.05, 4.69) is 46.4 Å². The molecule has 41 heavy (non-hydrogen) atoms. The largest absolute Gasteiger partial charge is 0.481 e. The molecule has 0 radical (unpaired) electrons. The molecule has 1 aromatic carbocycles. The Morgan fingerprint density at radius 3 is 2.46 bits per heavy atom. The first kappa shape index (κ1) is 30.4. The summed E-state index contributed by atoms with van der Waals surface area (Å²) in [5.41, 5.74) is 5.35. The fourth-order valence-electron chi connectivity index (χ4n) is 6.65. The van der Waals surface area contributed by atoms with E-state index in [1.54, 1.807) is 12.0 Å². The number of amides is 2. The zero-order valence-corrected chi connectivity index (χ0v) is 25.5. The van der Waals surface area contributed by atoms with Crippen LogP contribution in [-0.4, -0.2) is 58.3 Å². The van der Waals surface area contributed by atoms with E-state index in [-0.39, 0.29) is 18.0 Å². The maximum atomic E-state index is 13.6. The van der Waals surface area contributed by atoms with E-state index < -0.39 is 11.6 Å². The van der Waals surface area contributed by atoms with Gasteiger partial charge in [-0.25, -0.2) is 9.78 Å². The first-order chi connectivity index (χ1) is 19.5. The predicted octanol–water partition coefficient (Wildman–Crippen LogP) is 6.29. The van der Waals surface area contributed by atoms with Crippen LogP contribution in [0.15, 0.2) is 36.4 Å². The monoisotopic (exact) mass is 562 g/mol. The molecular weight excluding hydrogens is 516 g/mol. The number of aryl methyl sites for hydroxylation is 2. The van der Waals surface area contributed by atoms with Crippen molar-refractivity contribution in [1.82, 2.24) is 15.2 Å². The Balaban J connectivity index is 1.60. The van der Waals surface area contributed by atoms with Crippen LogP contribution < -0.4 is 15.0 Å². The fraction of sp³-hybridized carbons (Fsp3) is 0.545. The van der Waals surface area contributed by atoms with Gasteiger partial charge in [0.1, 0.15) is 0 Å². The van der Waals surface area contributed by atoms with Crippen LogP contribution in [0.5, 0.6) is 5.88 Å². The van der Waals surface area contributed by atoms with Crippen LogP contribution in [0.2, 0.25) is 0 Å². The molecule has 4 rings (SSSR count). The van der Waals surface area contributed by atoms with E-state index in [0.717, 1.165) is 73.1 Å². The third-order valence-electron chi connectivity index (χ3n) is 8.44. The van der Waals surface area contributed by atoms with Gasteiger partial charge in [-0.3, -0.25) is 4.79 Å². The number of benzene rings is 1. The summed E-state index contributed by atoms with van der Waals surface area (Å²) in [7, 11) is 1.62. The van der Waals surface area contributed by atoms with E-state index in [9.17, 15) is 14.7 Å². The van der Waals surface area contributed by atoms with E-state index in [1.807, 2.05) is 39.8 Å². The van der Waals surface area contributed by atoms with Crippen molar-refractivity contribution in [2.75, 3.05) is 18.6 Å². The Morgan fingerprint density at radius 1 is 1.12 bits per heavy atom. The second-order valence-corrected chi connectivity index (χ2v) is 12.2. The number of rotatable bonds is 5. The van der Waals surface area contributed by atoms with Gasteiger partial charge in [0.2, 0.25) is 5.88 Å². The number of methoxy groups -OCH3 is 1. The molecule has 8 heteroatoms. The maximum absolute atomic E-state index is 13.6. The smallest absolute Gasteiger partial charge is 0.407 e. The normalized spacial score (nSPS) is 19.6. The third-order valence-corrected chi connectivity index (χ3v) is 8.44. The number of aromatic nitrogens is 1. The number of allylic oxidation sites excluding steroid dienone is 2. The average Bonchev–Trinajstić information content (AvgIpc) is 2.91. The van der Waals surface area contributed by atoms with Gasteiger partial charge in [-0.15, -0.1) is 0 Å². The Bertz CT molecular complexity index is 1270. The molecule has 2 heterocycles. The molecular formula is C33H46N4O4. The SMILES string of the molecule is CCN(c1cccc2c1CC=CCCc1cc(C)nc(OC)c1CNC2=O)[C@H]1CC[C@@H](N(C(=O)O)C(C)(C)C)CC1. The highest BCUT2D eigenvalue weighted by molar-refractivity contribution is 5.97. The summed E-state index contributed by atoms with van der Waals surface area (Å²) in [5.74, 6) is 0.461. The zero-order chi connectivity index (χ0) is 29.7. The van der Waals surface area contributed by atoms with Crippen molar-refractivity contribution in [3.05, 3.63) is 64.4 Å². The van der Waals surface area contributed by atoms with Gasteiger partial charge >= 0.3 is 6.09 Å². The first-order valence-electron chi connectivity index (χ1n) is 14.9. The van der Waals surface area contributed by atoms with Crippen LogP contribution in [0.25, 0.3) is 0 Å². The summed E-state index contributed by atoms with van der Waals surface area (Å²) >= 11 is 0. The summed E-state index contributed by atoms with van der Waals surface area (Å²) < 4.78 is 5.59. The second-order valence-electron chi connectivity index (χ2n) is 12.2. The minimum Gasteiger partial charge on any atom is -0.481 e. The molecule has 1 aromatic heterocycles. The number of hydrogen-bond acceptors (Lipinski definition) is 5. The van der Waals surface area contributed by atoms with Gasteiger partial charge in [0.05, 0.1) is 7.11 Å². The van der Waals surface area contributed by atoms with Gasteiger partial charge in [0.25, 0.3) is 5.91 Å². The average molecular weight is 563 g/mol. The number of nitrogens with zero attached hydrogens (tertiary/aromatic N) is 3. The number of carboxylic acid groups (broad SMARTS) is 1. The molecule has 1 aliphatic heterocycles. The number of ether oxygens (including phenoxy) is 1. The number of fused-ring (bicyclic) bond motifs is 2. The molecule has 8 nitrogen and oxygen atoms in total. The Labute approximate surface area is 244 Å². The predicted molar refractivity (Wildman–Crippen MR) is 163 cm³/mol. The molecule has 1 saturated carbocycles. The summed E-state index contributed by atoms with van der Waals surface area (Å²) in [6.45, 7) is 11.2. The van der Waals surface area contributed by atoms with Crippen molar-refractivity contribution >= 4 is 17.7 Å². The number of pyridine rings is 1. The van der Waals surface area contributed by atoms with Gasteiger partial charge < -0.3 is 25.0 Å². The van der Waals surface area contributed by atoms with Crippen molar-refractivity contribution in [2.45, 2.75) is 104 Å². The highest BCUT2D eigenvalue weighted by atomic mass is 16.5. The minimum atomic E-state index is -0.847. The minimum absolute atomic E-state index is 0.0191. The van der Waals surface area contributed by atoms with Crippen LogP contribution >= 0.6 is 0 Å². The quantitative estimate of drug-likeness (QED) is 0.416. The molecule has 2 N–H and O–H groups in total. The summed E-state index contributed by atoms with van der Waals surface area (Å²) in [6.07, 6.45) is 9.43. The molecule has 0 saturated heterocycles. The molecule has 2 amide bonds. The molecule has 0 unspecified atom stereocenters. The van der Waals surface area contributed by atoms with E-state index in [0.29, 0.717) is 24.4 Å². The van der Waals surface area contributed by atoms with Gasteiger partial charge in [0, 0.05) is 53.2 Å². The van der Waals surface area contributed by atoms with Crippen molar-refractivity contribution in [3.8, 4) is 5.88 Å². The third kappa shape index (κ3) is 6.85. The van der Waals surface area contributed by atoms with Crippen molar-refractivity contribution in [1.29, 1.82) is 0 Å². The molecule has 1 aliphatic carbocycles. The second kappa shape index (κ2) is 13.0. The number of nitrogens with one attached hydrogen (secondary N) is 1. The standard InChI is InChI=1S/C33H46N4O4/c1-7-36(24-16-18-25(19-17-24)37(32(39)40)33(3,4)5)29-15-11-14-27-26(29)13-10-8-9-12-23-20-22(2)35-31(41-6)28(23)21-34-30(27)38/h8,10-11,14-15,20,24-25H,7,9,12-13,16-19,21H2,1-6H3,(H,34,38)(H,39,40)/t24-,25+. The van der Waals surface area contributed by atoms with Crippen LogP contribution in [0, 0.1) is 6.92 Å². The molecule has 2 aliphatic rings. The van der Waals surface area contributed by atoms with Gasteiger partial charge in [-0.1, -0.05) is 18.2 Å². The van der Waals surface area contributed by atoms with Gasteiger partial charge in [-0.05, 0) is 109 Å². The van der Waals surface area contributed by atoms with Crippen molar-refractivity contribution in [3.63, 3.8) is 0 Å². The molecule has 0 spiro atoms. The Kier molecular flexibility index (Phi) is 9.61. The number of carbonyl (C=O) groups excluding carboxylic acids is 1. The zero-order valence-electron chi connectivity index (χ0n) is 25.5. The molecule has 0 bridgehead atoms. The van der Waals surface area contributed by atoms with Crippen LogP contribution in [0.4, 0.5) is 10.5 Å². The highest BCUT2D eigenvalue weighted by Crippen LogP contribution is 2.35. The van der Waals surface area contributed by atoms with E-state index >= 15 is 0 Å². The maximum Gasteiger partial charge on any atom is 0.407 e. The lowest BCUT2D eigenvalue weighted by molar-refractivity contribution is 0.0545. The number of anilines is 1. The Hall–Kier alpha value is -3.55. The molecule has 2 aromatic rings.